The van der Waals surface area contributed by atoms with Crippen LogP contribution in [0.5, 0.6) is 11.5 Å². The van der Waals surface area contributed by atoms with Crippen LogP contribution in [0, 0.1) is 0 Å². The van der Waals surface area contributed by atoms with E-state index >= 15 is 0 Å². The molecule has 1 aromatic rings. The first-order valence-electron chi connectivity index (χ1n) is 6.83. The largest absolute Gasteiger partial charge is 0.497 e. The van der Waals surface area contributed by atoms with E-state index in [9.17, 15) is 0 Å². The van der Waals surface area contributed by atoms with Gasteiger partial charge in [-0.3, -0.25) is 4.99 Å². The van der Waals surface area contributed by atoms with Crippen LogP contribution in [0.3, 0.4) is 0 Å². The van der Waals surface area contributed by atoms with Crippen LogP contribution in [0.2, 0.25) is 0 Å². The van der Waals surface area contributed by atoms with E-state index in [0.717, 1.165) is 17.5 Å². The van der Waals surface area contributed by atoms with E-state index in [-0.39, 0.29) is 6.10 Å². The van der Waals surface area contributed by atoms with Crippen molar-refractivity contribution in [3.05, 3.63) is 24.3 Å². The zero-order valence-corrected chi connectivity index (χ0v) is 12.9. The number of hydrogen-bond donors (Lipinski definition) is 2. The van der Waals surface area contributed by atoms with Crippen LogP contribution in [-0.4, -0.2) is 38.8 Å². The van der Waals surface area contributed by atoms with E-state index in [2.05, 4.69) is 29.5 Å². The molecule has 0 bridgehead atoms. The lowest BCUT2D eigenvalue weighted by Gasteiger charge is -2.19. The summed E-state index contributed by atoms with van der Waals surface area (Å²) in [5.41, 5.74) is 0. The molecule has 112 valence electrons. The third-order valence-electron chi connectivity index (χ3n) is 2.60. The van der Waals surface area contributed by atoms with Crippen molar-refractivity contribution in [3.8, 4) is 11.5 Å². The van der Waals surface area contributed by atoms with Gasteiger partial charge in [-0.2, -0.15) is 0 Å². The molecule has 5 nitrogen and oxygen atoms in total. The lowest BCUT2D eigenvalue weighted by atomic mass is 10.3. The molecule has 1 atom stereocenters. The summed E-state index contributed by atoms with van der Waals surface area (Å²) in [4.78, 5) is 4.15. The molecule has 0 aliphatic heterocycles. The van der Waals surface area contributed by atoms with Crippen molar-refractivity contribution in [2.45, 2.75) is 32.9 Å². The van der Waals surface area contributed by atoms with Gasteiger partial charge >= 0.3 is 0 Å². The van der Waals surface area contributed by atoms with Crippen LogP contribution >= 0.6 is 0 Å². The summed E-state index contributed by atoms with van der Waals surface area (Å²) < 4.78 is 10.9. The third kappa shape index (κ3) is 5.82. The third-order valence-corrected chi connectivity index (χ3v) is 2.60. The standard InChI is InChI=1S/C15H25N3O2/c1-11(2)18-15(16-4)17-10-12(3)20-14-8-6-13(19-5)7-9-14/h6-9,11-12H,10H2,1-5H3,(H2,16,17,18). The van der Waals surface area contributed by atoms with Crippen LogP contribution in [0.4, 0.5) is 0 Å². The molecule has 2 N–H and O–H groups in total. The van der Waals surface area contributed by atoms with Crippen LogP contribution in [0.1, 0.15) is 20.8 Å². The SMILES string of the molecule is CN=C(NCC(C)Oc1ccc(OC)cc1)NC(C)C. The Labute approximate surface area is 121 Å². The molecule has 20 heavy (non-hydrogen) atoms. The predicted molar refractivity (Wildman–Crippen MR) is 82.7 cm³/mol. The van der Waals surface area contributed by atoms with E-state index < -0.39 is 0 Å². The van der Waals surface area contributed by atoms with E-state index in [4.69, 9.17) is 9.47 Å². The summed E-state index contributed by atoms with van der Waals surface area (Å²) in [7, 11) is 3.41. The Morgan fingerprint density at radius 2 is 1.75 bits per heavy atom. The molecular weight excluding hydrogens is 254 g/mol. The highest BCUT2D eigenvalue weighted by Gasteiger charge is 2.06. The maximum absolute atomic E-state index is 5.81. The maximum atomic E-state index is 5.81. The second-order valence-electron chi connectivity index (χ2n) is 4.86. The average Bonchev–Trinajstić information content (AvgIpc) is 2.44. The number of guanidine groups is 1. The molecule has 0 heterocycles. The first kappa shape index (κ1) is 16.1. The summed E-state index contributed by atoms with van der Waals surface area (Å²) in [6, 6.07) is 7.91. The lowest BCUT2D eigenvalue weighted by molar-refractivity contribution is 0.223. The number of nitrogens with zero attached hydrogens (tertiary/aromatic N) is 1. The fourth-order valence-corrected chi connectivity index (χ4v) is 1.64. The zero-order valence-electron chi connectivity index (χ0n) is 12.9. The first-order chi connectivity index (χ1) is 9.55. The molecule has 0 aliphatic rings. The molecule has 0 saturated carbocycles. The molecule has 0 amide bonds. The van der Waals surface area contributed by atoms with E-state index in [0.29, 0.717) is 12.6 Å². The smallest absolute Gasteiger partial charge is 0.191 e. The average molecular weight is 279 g/mol. The summed E-state index contributed by atoms with van der Waals surface area (Å²) in [6.45, 7) is 6.84. The van der Waals surface area contributed by atoms with Crippen LogP contribution in [-0.2, 0) is 0 Å². The van der Waals surface area contributed by atoms with Crippen LogP contribution < -0.4 is 20.1 Å². The number of methoxy groups -OCH3 is 1. The Morgan fingerprint density at radius 1 is 1.15 bits per heavy atom. The van der Waals surface area contributed by atoms with Gasteiger partial charge in [0, 0.05) is 13.1 Å². The molecule has 1 aromatic carbocycles. The van der Waals surface area contributed by atoms with Gasteiger partial charge in [0.25, 0.3) is 0 Å². The molecule has 1 rings (SSSR count). The van der Waals surface area contributed by atoms with Gasteiger partial charge in [0.15, 0.2) is 5.96 Å². The maximum Gasteiger partial charge on any atom is 0.191 e. The molecule has 0 aromatic heterocycles. The highest BCUT2D eigenvalue weighted by molar-refractivity contribution is 5.79. The normalized spacial score (nSPS) is 13.0. The Balaban J connectivity index is 2.40. The minimum atomic E-state index is 0.0362. The Hall–Kier alpha value is -1.91. The van der Waals surface area contributed by atoms with Crippen molar-refractivity contribution in [2.24, 2.45) is 4.99 Å². The summed E-state index contributed by atoms with van der Waals surface area (Å²) in [5, 5.41) is 6.46. The van der Waals surface area contributed by atoms with Crippen molar-refractivity contribution >= 4 is 5.96 Å². The van der Waals surface area contributed by atoms with Gasteiger partial charge in [-0.05, 0) is 45.0 Å². The van der Waals surface area contributed by atoms with Gasteiger partial charge in [-0.1, -0.05) is 0 Å². The van der Waals surface area contributed by atoms with E-state index in [1.54, 1.807) is 14.2 Å². The molecule has 0 saturated heterocycles. The molecule has 0 aliphatic carbocycles. The number of rotatable bonds is 6. The number of hydrogen-bond acceptors (Lipinski definition) is 3. The molecular formula is C15H25N3O2. The second kappa shape index (κ2) is 8.30. The van der Waals surface area contributed by atoms with E-state index in [1.165, 1.54) is 0 Å². The van der Waals surface area contributed by atoms with Gasteiger partial charge in [-0.15, -0.1) is 0 Å². The first-order valence-corrected chi connectivity index (χ1v) is 6.83. The number of nitrogens with one attached hydrogen (secondary N) is 2. The quantitative estimate of drug-likeness (QED) is 0.618. The summed E-state index contributed by atoms with van der Waals surface area (Å²) in [6.07, 6.45) is 0.0362. The second-order valence-corrected chi connectivity index (χ2v) is 4.86. The summed E-state index contributed by atoms with van der Waals surface area (Å²) in [5.74, 6) is 2.43. The van der Waals surface area contributed by atoms with Crippen LogP contribution in [0.25, 0.3) is 0 Å². The summed E-state index contributed by atoms with van der Waals surface area (Å²) >= 11 is 0. The minimum absolute atomic E-state index is 0.0362. The topological polar surface area (TPSA) is 54.9 Å². The number of aliphatic imine (C=N–C) groups is 1. The minimum Gasteiger partial charge on any atom is -0.497 e. The lowest BCUT2D eigenvalue weighted by Crippen LogP contribution is -2.44. The van der Waals surface area contributed by atoms with Gasteiger partial charge in [-0.25, -0.2) is 0 Å². The number of ether oxygens (including phenoxy) is 2. The predicted octanol–water partition coefficient (Wildman–Crippen LogP) is 2.04. The molecule has 0 fully saturated rings. The monoisotopic (exact) mass is 279 g/mol. The van der Waals surface area contributed by atoms with Crippen molar-refractivity contribution in [3.63, 3.8) is 0 Å². The molecule has 1 unspecified atom stereocenters. The molecule has 0 spiro atoms. The van der Waals surface area contributed by atoms with Crippen molar-refractivity contribution in [2.75, 3.05) is 20.7 Å². The fraction of sp³-hybridized carbons (Fsp3) is 0.533. The Morgan fingerprint density at radius 3 is 2.25 bits per heavy atom. The Bertz CT molecular complexity index is 416. The Kier molecular flexibility index (Phi) is 6.70. The van der Waals surface area contributed by atoms with Crippen molar-refractivity contribution in [1.29, 1.82) is 0 Å². The highest BCUT2D eigenvalue weighted by Crippen LogP contribution is 2.17. The van der Waals surface area contributed by atoms with Crippen molar-refractivity contribution in [1.82, 2.24) is 10.6 Å². The van der Waals surface area contributed by atoms with Crippen molar-refractivity contribution < 1.29 is 9.47 Å². The van der Waals surface area contributed by atoms with E-state index in [1.807, 2.05) is 31.2 Å². The fourth-order valence-electron chi connectivity index (χ4n) is 1.64. The molecule has 5 heteroatoms. The molecule has 0 radical (unpaired) electrons. The van der Waals surface area contributed by atoms with Gasteiger partial charge in [0.05, 0.1) is 13.7 Å². The van der Waals surface area contributed by atoms with Gasteiger partial charge < -0.3 is 20.1 Å². The van der Waals surface area contributed by atoms with Gasteiger partial charge in [0.1, 0.15) is 17.6 Å². The number of benzene rings is 1. The zero-order chi connectivity index (χ0) is 15.0. The highest BCUT2D eigenvalue weighted by atomic mass is 16.5. The van der Waals surface area contributed by atoms with Crippen LogP contribution in [0.15, 0.2) is 29.3 Å². The van der Waals surface area contributed by atoms with Gasteiger partial charge in [0.2, 0.25) is 0 Å².